The van der Waals surface area contributed by atoms with Gasteiger partial charge in [0.2, 0.25) is 11.7 Å². The SMILES string of the molecule is Cc1cc(C(=O)N2CCN(CCC(=O)Nc3cc(Cl)ccc3Cl)CC2)on1. The first-order valence-corrected chi connectivity index (χ1v) is 9.38. The van der Waals surface area contributed by atoms with Crippen molar-refractivity contribution in [2.45, 2.75) is 13.3 Å². The number of piperazine rings is 1. The van der Waals surface area contributed by atoms with Crippen LogP contribution in [-0.4, -0.2) is 59.5 Å². The lowest BCUT2D eigenvalue weighted by molar-refractivity contribution is -0.116. The molecule has 0 unspecified atom stereocenters. The van der Waals surface area contributed by atoms with Crippen molar-refractivity contribution in [3.8, 4) is 0 Å². The molecule has 2 heterocycles. The Balaban J connectivity index is 1.43. The number of carbonyl (C=O) groups is 2. The molecule has 144 valence electrons. The lowest BCUT2D eigenvalue weighted by Crippen LogP contribution is -2.49. The third-order valence-corrected chi connectivity index (χ3v) is 4.92. The van der Waals surface area contributed by atoms with E-state index in [1.54, 1.807) is 36.1 Å². The topological polar surface area (TPSA) is 78.7 Å². The van der Waals surface area contributed by atoms with Gasteiger partial charge in [-0.2, -0.15) is 0 Å². The lowest BCUT2D eigenvalue weighted by Gasteiger charge is -2.34. The zero-order valence-corrected chi connectivity index (χ0v) is 16.4. The van der Waals surface area contributed by atoms with Gasteiger partial charge >= 0.3 is 0 Å². The van der Waals surface area contributed by atoms with Crippen LogP contribution in [-0.2, 0) is 4.79 Å². The van der Waals surface area contributed by atoms with Gasteiger partial charge in [-0.1, -0.05) is 28.4 Å². The van der Waals surface area contributed by atoms with Gasteiger partial charge in [-0.3, -0.25) is 14.5 Å². The van der Waals surface area contributed by atoms with Gasteiger partial charge < -0.3 is 14.7 Å². The van der Waals surface area contributed by atoms with Crippen LogP contribution in [0.25, 0.3) is 0 Å². The molecule has 0 bridgehead atoms. The zero-order chi connectivity index (χ0) is 19.4. The molecule has 1 N–H and O–H groups in total. The second kappa shape index (κ2) is 8.73. The number of halogens is 2. The molecule has 3 rings (SSSR count). The molecule has 1 aliphatic rings. The Bertz CT molecular complexity index is 832. The van der Waals surface area contributed by atoms with Crippen molar-refractivity contribution in [3.05, 3.63) is 45.8 Å². The number of nitrogens with one attached hydrogen (secondary N) is 1. The summed E-state index contributed by atoms with van der Waals surface area (Å²) >= 11 is 12.0. The highest BCUT2D eigenvalue weighted by atomic mass is 35.5. The second-order valence-electron chi connectivity index (χ2n) is 6.39. The predicted molar refractivity (Wildman–Crippen MR) is 103 cm³/mol. The van der Waals surface area contributed by atoms with E-state index in [0.717, 1.165) is 0 Å². The molecule has 1 aromatic carbocycles. The van der Waals surface area contributed by atoms with E-state index in [4.69, 9.17) is 27.7 Å². The van der Waals surface area contributed by atoms with E-state index in [9.17, 15) is 9.59 Å². The fourth-order valence-electron chi connectivity index (χ4n) is 2.86. The van der Waals surface area contributed by atoms with Crippen molar-refractivity contribution in [1.82, 2.24) is 15.0 Å². The number of rotatable bonds is 5. The third kappa shape index (κ3) is 5.22. The van der Waals surface area contributed by atoms with Gasteiger partial charge in [0, 0.05) is 50.2 Å². The van der Waals surface area contributed by atoms with E-state index in [1.165, 1.54) is 0 Å². The molecule has 0 atom stereocenters. The number of hydrogen-bond acceptors (Lipinski definition) is 5. The molecular weight excluding hydrogens is 391 g/mol. The van der Waals surface area contributed by atoms with Gasteiger partial charge in [-0.15, -0.1) is 0 Å². The highest BCUT2D eigenvalue weighted by Gasteiger charge is 2.24. The molecule has 27 heavy (non-hydrogen) atoms. The largest absolute Gasteiger partial charge is 0.351 e. The molecule has 1 aliphatic heterocycles. The van der Waals surface area contributed by atoms with Crippen LogP contribution in [0.1, 0.15) is 22.7 Å². The maximum atomic E-state index is 12.3. The van der Waals surface area contributed by atoms with Crippen LogP contribution in [0, 0.1) is 6.92 Å². The second-order valence-corrected chi connectivity index (χ2v) is 7.23. The van der Waals surface area contributed by atoms with E-state index in [1.807, 2.05) is 0 Å². The van der Waals surface area contributed by atoms with E-state index >= 15 is 0 Å². The van der Waals surface area contributed by atoms with Crippen molar-refractivity contribution >= 4 is 40.7 Å². The summed E-state index contributed by atoms with van der Waals surface area (Å²) in [7, 11) is 0. The quantitative estimate of drug-likeness (QED) is 0.818. The number of aromatic nitrogens is 1. The summed E-state index contributed by atoms with van der Waals surface area (Å²) in [6.45, 7) is 4.95. The third-order valence-electron chi connectivity index (χ3n) is 4.36. The van der Waals surface area contributed by atoms with Crippen molar-refractivity contribution in [2.75, 3.05) is 38.0 Å². The normalized spacial score (nSPS) is 15.0. The molecule has 1 saturated heterocycles. The molecule has 2 amide bonds. The van der Waals surface area contributed by atoms with E-state index in [0.29, 0.717) is 60.6 Å². The number of hydrogen-bond donors (Lipinski definition) is 1. The van der Waals surface area contributed by atoms with Crippen molar-refractivity contribution < 1.29 is 14.1 Å². The fraction of sp³-hybridized carbons (Fsp3) is 0.389. The van der Waals surface area contributed by atoms with Gasteiger partial charge in [0.05, 0.1) is 16.4 Å². The number of anilines is 1. The molecule has 1 fully saturated rings. The summed E-state index contributed by atoms with van der Waals surface area (Å²) in [5, 5.41) is 7.48. The number of benzene rings is 1. The van der Waals surface area contributed by atoms with Gasteiger partial charge in [0.15, 0.2) is 0 Å². The standard InChI is InChI=1S/C18H20Cl2N4O3/c1-12-10-16(27-22-12)18(26)24-8-6-23(7-9-24)5-4-17(25)21-15-11-13(19)2-3-14(15)20/h2-3,10-11H,4-9H2,1H3,(H,21,25). The maximum absolute atomic E-state index is 12.3. The minimum absolute atomic E-state index is 0.130. The minimum atomic E-state index is -0.149. The van der Waals surface area contributed by atoms with Crippen LogP contribution in [0.15, 0.2) is 28.8 Å². The van der Waals surface area contributed by atoms with Crippen LogP contribution in [0.5, 0.6) is 0 Å². The smallest absolute Gasteiger partial charge is 0.292 e. The van der Waals surface area contributed by atoms with Crippen molar-refractivity contribution in [1.29, 1.82) is 0 Å². The Hall–Kier alpha value is -2.09. The summed E-state index contributed by atoms with van der Waals surface area (Å²) in [6, 6.07) is 6.57. The van der Waals surface area contributed by atoms with Gasteiger partial charge in [-0.05, 0) is 25.1 Å². The maximum Gasteiger partial charge on any atom is 0.292 e. The molecule has 2 aromatic rings. The van der Waals surface area contributed by atoms with Gasteiger partial charge in [-0.25, -0.2) is 0 Å². The van der Waals surface area contributed by atoms with Crippen molar-refractivity contribution in [2.24, 2.45) is 0 Å². The van der Waals surface area contributed by atoms with Crippen LogP contribution in [0.4, 0.5) is 5.69 Å². The monoisotopic (exact) mass is 410 g/mol. The first-order chi connectivity index (χ1) is 12.9. The highest BCUT2D eigenvalue weighted by molar-refractivity contribution is 6.35. The summed E-state index contributed by atoms with van der Waals surface area (Å²) in [5.41, 5.74) is 1.19. The molecular formula is C18H20Cl2N4O3. The van der Waals surface area contributed by atoms with Crippen LogP contribution >= 0.6 is 23.2 Å². The van der Waals surface area contributed by atoms with Crippen molar-refractivity contribution in [3.63, 3.8) is 0 Å². The summed E-state index contributed by atoms with van der Waals surface area (Å²) in [4.78, 5) is 28.4. The van der Waals surface area contributed by atoms with Gasteiger partial charge in [0.25, 0.3) is 5.91 Å². The van der Waals surface area contributed by atoms with Crippen LogP contribution in [0.3, 0.4) is 0 Å². The Labute approximate surface area is 167 Å². The first kappa shape index (κ1) is 19.7. The predicted octanol–water partition coefficient (Wildman–Crippen LogP) is 3.08. The summed E-state index contributed by atoms with van der Waals surface area (Å²) in [6.07, 6.45) is 0.331. The molecule has 1 aromatic heterocycles. The first-order valence-electron chi connectivity index (χ1n) is 8.62. The molecule has 9 heteroatoms. The highest BCUT2D eigenvalue weighted by Crippen LogP contribution is 2.25. The molecule has 7 nitrogen and oxygen atoms in total. The molecule has 0 saturated carbocycles. The van der Waals surface area contributed by atoms with E-state index in [-0.39, 0.29) is 17.6 Å². The lowest BCUT2D eigenvalue weighted by atomic mass is 10.2. The molecule has 0 spiro atoms. The Morgan fingerprint density at radius 3 is 2.59 bits per heavy atom. The number of nitrogens with zero attached hydrogens (tertiary/aromatic N) is 3. The Kier molecular flexibility index (Phi) is 6.36. The Morgan fingerprint density at radius 1 is 1.19 bits per heavy atom. The average molecular weight is 411 g/mol. The average Bonchev–Trinajstić information content (AvgIpc) is 3.09. The minimum Gasteiger partial charge on any atom is -0.351 e. The van der Waals surface area contributed by atoms with Gasteiger partial charge in [0.1, 0.15) is 0 Å². The van der Waals surface area contributed by atoms with Crippen LogP contribution in [0.2, 0.25) is 10.0 Å². The number of amides is 2. The van der Waals surface area contributed by atoms with Crippen LogP contribution < -0.4 is 5.32 Å². The van der Waals surface area contributed by atoms with E-state index < -0.39 is 0 Å². The fourth-order valence-corrected chi connectivity index (χ4v) is 3.20. The summed E-state index contributed by atoms with van der Waals surface area (Å²) in [5.74, 6) is -0.0165. The molecule has 0 aliphatic carbocycles. The molecule has 0 radical (unpaired) electrons. The Morgan fingerprint density at radius 2 is 1.93 bits per heavy atom. The number of carbonyl (C=O) groups excluding carboxylic acids is 2. The summed E-state index contributed by atoms with van der Waals surface area (Å²) < 4.78 is 5.03. The number of aryl methyl sites for hydroxylation is 1. The zero-order valence-electron chi connectivity index (χ0n) is 14.9. The van der Waals surface area contributed by atoms with E-state index in [2.05, 4.69) is 15.4 Å².